The summed E-state index contributed by atoms with van der Waals surface area (Å²) in [6.45, 7) is 2.41. The molecular formula is C28H24Cl2FN5O6. The molecule has 218 valence electrons. The Morgan fingerprint density at radius 1 is 1.14 bits per heavy atom. The monoisotopic (exact) mass is 615 g/mol. The number of imide groups is 1. The number of rotatable bonds is 10. The molecule has 0 saturated carbocycles. The molecule has 1 atom stereocenters. The molecule has 0 radical (unpaired) electrons. The standard InChI is InChI=1S/C28H24Cl2FN5O6/c1-2-40-42-28(39)33-26(37)24(14-32)35-34-19-12-22(29)25(23(30)13-19)41-20-6-7-21-17(11-20)8-9-36(27(21)38)15-16-4-3-5-18(31)10-16/h3-7,10-13,24,34-35H,2,8-9,15H2,1H3,(H,33,37,39). The molecule has 0 aromatic heterocycles. The van der Waals surface area contributed by atoms with Gasteiger partial charge in [0.2, 0.25) is 0 Å². The summed E-state index contributed by atoms with van der Waals surface area (Å²) in [6, 6.07) is 14.2. The number of nitrogens with zero attached hydrogens (tertiary/aromatic N) is 2. The molecule has 1 unspecified atom stereocenters. The van der Waals surface area contributed by atoms with Gasteiger partial charge in [0.05, 0.1) is 28.4 Å². The minimum absolute atomic E-state index is 0.0779. The largest absolute Gasteiger partial charge is 0.454 e. The van der Waals surface area contributed by atoms with Crippen LogP contribution in [0.1, 0.15) is 28.4 Å². The number of ether oxygens (including phenoxy) is 1. The predicted octanol–water partition coefficient (Wildman–Crippen LogP) is 5.14. The lowest BCUT2D eigenvalue weighted by atomic mass is 9.98. The van der Waals surface area contributed by atoms with Gasteiger partial charge in [0.25, 0.3) is 11.8 Å². The number of carbonyl (C=O) groups excluding carboxylic acids is 3. The van der Waals surface area contributed by atoms with Gasteiger partial charge < -0.3 is 15.1 Å². The summed E-state index contributed by atoms with van der Waals surface area (Å²) >= 11 is 12.8. The molecule has 3 N–H and O–H groups in total. The SMILES string of the molecule is CCOOC(=O)NC(=O)C(C#N)NNc1cc(Cl)c(Oc2ccc3c(c2)CCN(Cc2cccc(F)c2)C3=O)c(Cl)c1. The number of nitriles is 1. The molecule has 0 fully saturated rings. The van der Waals surface area contributed by atoms with Gasteiger partial charge in [-0.25, -0.2) is 14.6 Å². The van der Waals surface area contributed by atoms with Crippen molar-refractivity contribution >= 4 is 46.8 Å². The summed E-state index contributed by atoms with van der Waals surface area (Å²) < 4.78 is 19.5. The van der Waals surface area contributed by atoms with Crippen LogP contribution in [0.4, 0.5) is 14.9 Å². The molecule has 3 aromatic rings. The van der Waals surface area contributed by atoms with E-state index in [1.165, 1.54) is 24.3 Å². The van der Waals surface area contributed by atoms with Crippen molar-refractivity contribution in [2.75, 3.05) is 18.6 Å². The third-order valence-corrected chi connectivity index (χ3v) is 6.52. The molecular weight excluding hydrogens is 592 g/mol. The topological polar surface area (TPSA) is 142 Å². The summed E-state index contributed by atoms with van der Waals surface area (Å²) in [4.78, 5) is 47.0. The van der Waals surface area contributed by atoms with Gasteiger partial charge in [-0.05, 0) is 66.9 Å². The van der Waals surface area contributed by atoms with Crippen molar-refractivity contribution in [3.8, 4) is 17.6 Å². The Bertz CT molecular complexity index is 1530. The lowest BCUT2D eigenvalue weighted by Gasteiger charge is -2.29. The minimum Gasteiger partial charge on any atom is -0.454 e. The smallest absolute Gasteiger partial charge is 0.445 e. The summed E-state index contributed by atoms with van der Waals surface area (Å²) in [5.74, 6) is -0.959. The third kappa shape index (κ3) is 7.65. The van der Waals surface area contributed by atoms with E-state index >= 15 is 0 Å². The number of hydrogen-bond donors (Lipinski definition) is 3. The number of amides is 3. The van der Waals surface area contributed by atoms with Gasteiger partial charge in [0, 0.05) is 18.7 Å². The van der Waals surface area contributed by atoms with E-state index < -0.39 is 18.0 Å². The van der Waals surface area contributed by atoms with Gasteiger partial charge in [0.1, 0.15) is 11.6 Å². The first-order valence-electron chi connectivity index (χ1n) is 12.6. The van der Waals surface area contributed by atoms with Gasteiger partial charge in [-0.3, -0.25) is 19.8 Å². The Hall–Kier alpha value is -4.41. The molecule has 42 heavy (non-hydrogen) atoms. The number of hydrazine groups is 1. The number of fused-ring (bicyclic) bond motifs is 1. The number of anilines is 1. The fourth-order valence-corrected chi connectivity index (χ4v) is 4.61. The van der Waals surface area contributed by atoms with Crippen LogP contribution in [0, 0.1) is 17.1 Å². The molecule has 1 aliphatic heterocycles. The first kappa shape index (κ1) is 30.5. The van der Waals surface area contributed by atoms with E-state index in [1.807, 2.05) is 5.32 Å². The first-order valence-corrected chi connectivity index (χ1v) is 13.3. The van der Waals surface area contributed by atoms with Gasteiger partial charge in [-0.15, -0.1) is 0 Å². The Morgan fingerprint density at radius 3 is 2.60 bits per heavy atom. The van der Waals surface area contributed by atoms with Crippen LogP contribution in [0.15, 0.2) is 54.6 Å². The number of halogens is 3. The zero-order chi connectivity index (χ0) is 30.2. The van der Waals surface area contributed by atoms with Crippen LogP contribution in [0.5, 0.6) is 11.5 Å². The highest BCUT2D eigenvalue weighted by molar-refractivity contribution is 6.37. The van der Waals surface area contributed by atoms with Crippen molar-refractivity contribution in [1.82, 2.24) is 15.6 Å². The third-order valence-electron chi connectivity index (χ3n) is 5.96. The fraction of sp³-hybridized carbons (Fsp3) is 0.214. The normalized spacial score (nSPS) is 13.0. The zero-order valence-corrected chi connectivity index (χ0v) is 23.6. The van der Waals surface area contributed by atoms with Gasteiger partial charge in [-0.2, -0.15) is 10.1 Å². The van der Waals surface area contributed by atoms with Gasteiger partial charge in [0.15, 0.2) is 11.8 Å². The number of hydrogen-bond acceptors (Lipinski definition) is 9. The van der Waals surface area contributed by atoms with E-state index in [4.69, 9.17) is 27.9 Å². The molecule has 14 heteroatoms. The summed E-state index contributed by atoms with van der Waals surface area (Å²) in [7, 11) is 0. The Labute approximate surface area is 249 Å². The summed E-state index contributed by atoms with van der Waals surface area (Å²) in [5.41, 5.74) is 7.38. The highest BCUT2D eigenvalue weighted by Gasteiger charge is 2.25. The molecule has 3 amide bonds. The molecule has 11 nitrogen and oxygen atoms in total. The summed E-state index contributed by atoms with van der Waals surface area (Å²) in [5, 5.41) is 11.3. The van der Waals surface area contributed by atoms with Crippen molar-refractivity contribution in [3.05, 3.63) is 87.2 Å². The van der Waals surface area contributed by atoms with Crippen molar-refractivity contribution in [1.29, 1.82) is 5.26 Å². The number of carbonyl (C=O) groups is 3. The fourth-order valence-electron chi connectivity index (χ4n) is 4.05. The maximum atomic E-state index is 13.6. The van der Waals surface area contributed by atoms with Crippen LogP contribution >= 0.6 is 23.2 Å². The highest BCUT2D eigenvalue weighted by Crippen LogP contribution is 2.39. The summed E-state index contributed by atoms with van der Waals surface area (Å²) in [6.07, 6.45) is -0.607. The first-order chi connectivity index (χ1) is 20.2. The molecule has 4 rings (SSSR count). The Balaban J connectivity index is 1.39. The second-order valence-electron chi connectivity index (χ2n) is 8.89. The van der Waals surface area contributed by atoms with Crippen molar-refractivity contribution in [2.45, 2.75) is 25.9 Å². The van der Waals surface area contributed by atoms with E-state index in [9.17, 15) is 24.0 Å². The van der Waals surface area contributed by atoms with E-state index in [2.05, 4.69) is 20.6 Å². The molecule has 0 bridgehead atoms. The number of benzene rings is 3. The van der Waals surface area contributed by atoms with E-state index in [0.29, 0.717) is 36.4 Å². The second-order valence-corrected chi connectivity index (χ2v) is 9.71. The maximum absolute atomic E-state index is 13.6. The molecule has 0 spiro atoms. The van der Waals surface area contributed by atoms with Crippen LogP contribution in [-0.4, -0.2) is 42.0 Å². The lowest BCUT2D eigenvalue weighted by Crippen LogP contribution is -2.47. The Kier molecular flexibility index (Phi) is 10.2. The van der Waals surface area contributed by atoms with Crippen LogP contribution in [-0.2, 0) is 27.5 Å². The van der Waals surface area contributed by atoms with Crippen molar-refractivity contribution < 1.29 is 33.3 Å². The van der Waals surface area contributed by atoms with Crippen LogP contribution in [0.2, 0.25) is 10.0 Å². The average molecular weight is 616 g/mol. The van der Waals surface area contributed by atoms with Crippen LogP contribution < -0.4 is 20.9 Å². The highest BCUT2D eigenvalue weighted by atomic mass is 35.5. The Morgan fingerprint density at radius 2 is 1.90 bits per heavy atom. The van der Waals surface area contributed by atoms with Gasteiger partial charge >= 0.3 is 6.09 Å². The molecule has 1 heterocycles. The predicted molar refractivity (Wildman–Crippen MR) is 150 cm³/mol. The lowest BCUT2D eigenvalue weighted by molar-refractivity contribution is -0.234. The maximum Gasteiger partial charge on any atom is 0.445 e. The minimum atomic E-state index is -1.49. The molecule has 0 saturated heterocycles. The number of nitrogens with one attached hydrogen (secondary N) is 3. The van der Waals surface area contributed by atoms with Crippen LogP contribution in [0.25, 0.3) is 0 Å². The van der Waals surface area contributed by atoms with Gasteiger partial charge in [-0.1, -0.05) is 35.3 Å². The quantitative estimate of drug-likeness (QED) is 0.209. The molecule has 3 aromatic carbocycles. The average Bonchev–Trinajstić information content (AvgIpc) is 2.95. The van der Waals surface area contributed by atoms with E-state index in [-0.39, 0.29) is 39.8 Å². The van der Waals surface area contributed by atoms with E-state index in [0.717, 1.165) is 5.56 Å². The second kappa shape index (κ2) is 14.0. The zero-order valence-electron chi connectivity index (χ0n) is 22.1. The van der Waals surface area contributed by atoms with Crippen LogP contribution in [0.3, 0.4) is 0 Å². The van der Waals surface area contributed by atoms with Crippen molar-refractivity contribution in [2.24, 2.45) is 0 Å². The van der Waals surface area contributed by atoms with Crippen molar-refractivity contribution in [3.63, 3.8) is 0 Å². The van der Waals surface area contributed by atoms with E-state index in [1.54, 1.807) is 48.2 Å². The molecule has 1 aliphatic rings. The molecule has 0 aliphatic carbocycles.